The molecule has 7 heteroatoms. The standard InChI is InChI=1S/C20H16N4O3/c1-4-6-12-8-13(9-16(26-3)18(12)27-7-5-2)17-14(10-21)19(23)24-20(25)15(17)11-22/h2,4,8-9H,1,6-7H2,3H3,(H3,23,24,25). The van der Waals surface area contributed by atoms with Crippen molar-refractivity contribution < 1.29 is 9.47 Å². The van der Waals surface area contributed by atoms with Gasteiger partial charge in [-0.05, 0) is 24.1 Å². The third-order valence-corrected chi connectivity index (χ3v) is 3.77. The van der Waals surface area contributed by atoms with E-state index in [1.54, 1.807) is 18.2 Å². The van der Waals surface area contributed by atoms with Gasteiger partial charge in [0.25, 0.3) is 5.56 Å². The molecule has 1 aromatic heterocycles. The second-order valence-corrected chi connectivity index (χ2v) is 5.37. The Labute approximate surface area is 156 Å². The molecule has 2 rings (SSSR count). The smallest absolute Gasteiger partial charge is 0.268 e. The van der Waals surface area contributed by atoms with Crippen molar-refractivity contribution in [1.82, 2.24) is 4.98 Å². The number of nitrogens with one attached hydrogen (secondary N) is 1. The van der Waals surface area contributed by atoms with E-state index in [2.05, 4.69) is 17.5 Å². The van der Waals surface area contributed by atoms with E-state index in [0.29, 0.717) is 29.0 Å². The lowest BCUT2D eigenvalue weighted by Crippen LogP contribution is -2.16. The van der Waals surface area contributed by atoms with Crippen LogP contribution < -0.4 is 20.8 Å². The normalized spacial score (nSPS) is 9.56. The molecule has 0 aliphatic heterocycles. The number of hydrogen-bond donors (Lipinski definition) is 2. The highest BCUT2D eigenvalue weighted by atomic mass is 16.5. The number of methoxy groups -OCH3 is 1. The molecule has 0 radical (unpaired) electrons. The maximum absolute atomic E-state index is 12.1. The molecule has 0 saturated heterocycles. The van der Waals surface area contributed by atoms with E-state index in [1.165, 1.54) is 7.11 Å². The van der Waals surface area contributed by atoms with Crippen molar-refractivity contribution in [1.29, 1.82) is 10.5 Å². The molecule has 0 fully saturated rings. The average molecular weight is 360 g/mol. The molecule has 0 spiro atoms. The Balaban J connectivity index is 2.89. The number of nitriles is 2. The number of nitrogens with zero attached hydrogens (tertiary/aromatic N) is 2. The van der Waals surface area contributed by atoms with Gasteiger partial charge in [0.15, 0.2) is 11.5 Å². The fraction of sp³-hybridized carbons (Fsp3) is 0.150. The van der Waals surface area contributed by atoms with Crippen LogP contribution in [-0.2, 0) is 6.42 Å². The number of aromatic nitrogens is 1. The summed E-state index contributed by atoms with van der Waals surface area (Å²) in [5.74, 6) is 3.03. The first-order valence-electron chi connectivity index (χ1n) is 7.76. The van der Waals surface area contributed by atoms with Crippen molar-refractivity contribution >= 4 is 5.82 Å². The van der Waals surface area contributed by atoms with Gasteiger partial charge in [0.05, 0.1) is 7.11 Å². The van der Waals surface area contributed by atoms with Crippen molar-refractivity contribution in [3.05, 3.63) is 51.8 Å². The van der Waals surface area contributed by atoms with Crippen molar-refractivity contribution in [2.24, 2.45) is 0 Å². The molecule has 7 nitrogen and oxygen atoms in total. The lowest BCUT2D eigenvalue weighted by atomic mass is 9.94. The number of pyridine rings is 1. The number of H-pyrrole nitrogens is 1. The lowest BCUT2D eigenvalue weighted by molar-refractivity contribution is 0.328. The summed E-state index contributed by atoms with van der Waals surface area (Å²) >= 11 is 0. The zero-order valence-electron chi connectivity index (χ0n) is 14.6. The molecule has 0 aliphatic carbocycles. The monoisotopic (exact) mass is 360 g/mol. The minimum atomic E-state index is -0.680. The molecular weight excluding hydrogens is 344 g/mol. The number of ether oxygens (including phenoxy) is 2. The van der Waals surface area contributed by atoms with Gasteiger partial charge in [0.1, 0.15) is 35.7 Å². The topological polar surface area (TPSA) is 125 Å². The van der Waals surface area contributed by atoms with Crippen LogP contribution in [0.5, 0.6) is 11.5 Å². The summed E-state index contributed by atoms with van der Waals surface area (Å²) in [6.07, 6.45) is 7.33. The number of hydrogen-bond acceptors (Lipinski definition) is 6. The summed E-state index contributed by atoms with van der Waals surface area (Å²) < 4.78 is 11.0. The van der Waals surface area contributed by atoms with Crippen LogP contribution in [-0.4, -0.2) is 18.7 Å². The van der Waals surface area contributed by atoms with Gasteiger partial charge < -0.3 is 20.2 Å². The third-order valence-electron chi connectivity index (χ3n) is 3.77. The van der Waals surface area contributed by atoms with Crippen LogP contribution in [0.15, 0.2) is 29.6 Å². The second-order valence-electron chi connectivity index (χ2n) is 5.37. The SMILES string of the molecule is C#CCOc1c(CC=C)cc(-c2c(C#N)c(N)[nH]c(=O)c2C#N)cc1OC. The zero-order valence-corrected chi connectivity index (χ0v) is 14.6. The summed E-state index contributed by atoms with van der Waals surface area (Å²) in [5, 5.41) is 18.9. The van der Waals surface area contributed by atoms with Gasteiger partial charge in [-0.2, -0.15) is 10.5 Å². The van der Waals surface area contributed by atoms with Crippen molar-refractivity contribution in [2.75, 3.05) is 19.5 Å². The minimum absolute atomic E-state index is 0.00458. The molecule has 134 valence electrons. The van der Waals surface area contributed by atoms with Crippen LogP contribution in [0.25, 0.3) is 11.1 Å². The van der Waals surface area contributed by atoms with E-state index in [4.69, 9.17) is 21.6 Å². The van der Waals surface area contributed by atoms with E-state index >= 15 is 0 Å². The molecule has 1 aromatic carbocycles. The number of aromatic amines is 1. The van der Waals surface area contributed by atoms with Gasteiger partial charge in [0.2, 0.25) is 0 Å². The maximum atomic E-state index is 12.1. The van der Waals surface area contributed by atoms with Crippen LogP contribution in [0.1, 0.15) is 16.7 Å². The molecule has 0 atom stereocenters. The number of terminal acetylenes is 1. The summed E-state index contributed by atoms with van der Waals surface area (Å²) in [5.41, 5.74) is 6.09. The molecule has 0 aliphatic rings. The predicted octanol–water partition coefficient (Wildman–Crippen LogP) is 2.12. The van der Waals surface area contributed by atoms with Crippen LogP contribution in [0.4, 0.5) is 5.82 Å². The Hall–Kier alpha value is -4.15. The van der Waals surface area contributed by atoms with Gasteiger partial charge in [0, 0.05) is 11.1 Å². The average Bonchev–Trinajstić information content (AvgIpc) is 2.66. The van der Waals surface area contributed by atoms with E-state index in [0.717, 1.165) is 0 Å². The largest absolute Gasteiger partial charge is 0.493 e. The molecule has 0 bridgehead atoms. The summed E-state index contributed by atoms with van der Waals surface area (Å²) in [7, 11) is 1.45. The van der Waals surface area contributed by atoms with Gasteiger partial charge >= 0.3 is 0 Å². The van der Waals surface area contributed by atoms with Crippen LogP contribution in [0, 0.1) is 35.0 Å². The Bertz CT molecular complexity index is 1080. The van der Waals surface area contributed by atoms with E-state index in [1.807, 2.05) is 12.1 Å². The highest BCUT2D eigenvalue weighted by Crippen LogP contribution is 2.39. The van der Waals surface area contributed by atoms with Gasteiger partial charge in [-0.1, -0.05) is 12.0 Å². The predicted molar refractivity (Wildman–Crippen MR) is 101 cm³/mol. The van der Waals surface area contributed by atoms with Crippen LogP contribution in [0.3, 0.4) is 0 Å². The molecule has 0 unspecified atom stereocenters. The first kappa shape index (κ1) is 19.2. The molecule has 0 amide bonds. The highest BCUT2D eigenvalue weighted by molar-refractivity contribution is 5.82. The van der Waals surface area contributed by atoms with Gasteiger partial charge in [-0.3, -0.25) is 4.79 Å². The van der Waals surface area contributed by atoms with Crippen LogP contribution in [0.2, 0.25) is 0 Å². The van der Waals surface area contributed by atoms with Crippen molar-refractivity contribution in [3.63, 3.8) is 0 Å². The van der Waals surface area contributed by atoms with Gasteiger partial charge in [-0.25, -0.2) is 0 Å². The quantitative estimate of drug-likeness (QED) is 0.600. The molecule has 2 aromatic rings. The number of anilines is 1. The van der Waals surface area contributed by atoms with E-state index in [-0.39, 0.29) is 29.1 Å². The Morgan fingerprint density at radius 1 is 1.33 bits per heavy atom. The maximum Gasteiger partial charge on any atom is 0.268 e. The fourth-order valence-corrected chi connectivity index (χ4v) is 2.67. The van der Waals surface area contributed by atoms with Crippen molar-refractivity contribution in [2.45, 2.75) is 6.42 Å². The lowest BCUT2D eigenvalue weighted by Gasteiger charge is -2.17. The number of nitrogens with two attached hydrogens (primary N) is 1. The summed E-state index contributed by atoms with van der Waals surface area (Å²) in [4.78, 5) is 14.5. The van der Waals surface area contributed by atoms with E-state index < -0.39 is 5.56 Å². The Morgan fingerprint density at radius 3 is 2.59 bits per heavy atom. The fourth-order valence-electron chi connectivity index (χ4n) is 2.67. The zero-order chi connectivity index (χ0) is 20.0. The van der Waals surface area contributed by atoms with Crippen LogP contribution >= 0.6 is 0 Å². The Kier molecular flexibility index (Phi) is 5.89. The minimum Gasteiger partial charge on any atom is -0.493 e. The van der Waals surface area contributed by atoms with Crippen molar-refractivity contribution in [3.8, 4) is 47.1 Å². The summed E-state index contributed by atoms with van der Waals surface area (Å²) in [6, 6.07) is 7.02. The molecule has 0 saturated carbocycles. The first-order chi connectivity index (χ1) is 13.0. The number of nitrogen functional groups attached to an aromatic ring is 1. The number of rotatable bonds is 6. The number of benzene rings is 1. The second kappa shape index (κ2) is 8.29. The van der Waals surface area contributed by atoms with Gasteiger partial charge in [-0.15, -0.1) is 13.0 Å². The molecule has 27 heavy (non-hydrogen) atoms. The summed E-state index contributed by atoms with van der Waals surface area (Å²) in [6.45, 7) is 3.75. The molecular formula is C20H16N4O3. The molecule has 1 heterocycles. The Morgan fingerprint density at radius 2 is 2.04 bits per heavy atom. The molecule has 3 N–H and O–H groups in total. The van der Waals surface area contributed by atoms with E-state index in [9.17, 15) is 15.3 Å². The third kappa shape index (κ3) is 3.61. The first-order valence-corrected chi connectivity index (χ1v) is 7.76. The number of allylic oxidation sites excluding steroid dienone is 1. The highest BCUT2D eigenvalue weighted by Gasteiger charge is 2.21.